The Balaban J connectivity index is 0.996. The minimum atomic E-state index is -0.460. The SMILES string of the molecule is O=C(NCC[C@@H](O)CN1CCc2ccccc2C1)N1CCC(C(=O)N2C3CCC2COC3)CC1. The highest BCUT2D eigenvalue weighted by Gasteiger charge is 2.43. The zero-order chi connectivity index (χ0) is 23.5. The third kappa shape index (κ3) is 5.24. The predicted octanol–water partition coefficient (Wildman–Crippen LogP) is 1.61. The van der Waals surface area contributed by atoms with Crippen LogP contribution in [0.5, 0.6) is 0 Å². The van der Waals surface area contributed by atoms with Crippen molar-refractivity contribution in [2.45, 2.75) is 63.3 Å². The second kappa shape index (κ2) is 10.6. The number of morpholine rings is 1. The number of rotatable bonds is 6. The van der Waals surface area contributed by atoms with Gasteiger partial charge in [-0.05, 0) is 49.7 Å². The number of hydrogen-bond acceptors (Lipinski definition) is 5. The highest BCUT2D eigenvalue weighted by atomic mass is 16.5. The zero-order valence-electron chi connectivity index (χ0n) is 20.0. The second-order valence-corrected chi connectivity index (χ2v) is 10.4. The van der Waals surface area contributed by atoms with E-state index in [2.05, 4.69) is 39.4 Å². The van der Waals surface area contributed by atoms with Gasteiger partial charge in [0.25, 0.3) is 0 Å². The molecule has 4 aliphatic rings. The number of aliphatic hydroxyl groups excluding tert-OH is 1. The first-order valence-electron chi connectivity index (χ1n) is 13.0. The molecular weight excluding hydrogens is 432 g/mol. The van der Waals surface area contributed by atoms with Crippen molar-refractivity contribution in [1.29, 1.82) is 0 Å². The van der Waals surface area contributed by atoms with Crippen molar-refractivity contribution in [2.75, 3.05) is 45.9 Å². The summed E-state index contributed by atoms with van der Waals surface area (Å²) in [6.07, 6.45) is 4.65. The van der Waals surface area contributed by atoms with Crippen LogP contribution in [0.2, 0.25) is 0 Å². The molecule has 3 atom stereocenters. The molecule has 2 N–H and O–H groups in total. The van der Waals surface area contributed by atoms with Crippen LogP contribution in [0, 0.1) is 5.92 Å². The third-order valence-electron chi connectivity index (χ3n) is 8.06. The van der Waals surface area contributed by atoms with Gasteiger partial charge in [-0.2, -0.15) is 0 Å². The zero-order valence-corrected chi connectivity index (χ0v) is 20.0. The van der Waals surface area contributed by atoms with Crippen LogP contribution >= 0.6 is 0 Å². The molecule has 8 heteroatoms. The summed E-state index contributed by atoms with van der Waals surface area (Å²) in [7, 11) is 0. The minimum Gasteiger partial charge on any atom is -0.392 e. The van der Waals surface area contributed by atoms with E-state index < -0.39 is 6.10 Å². The number of ether oxygens (including phenoxy) is 1. The monoisotopic (exact) mass is 470 g/mol. The Labute approximate surface area is 202 Å². The van der Waals surface area contributed by atoms with Crippen molar-refractivity contribution in [3.05, 3.63) is 35.4 Å². The quantitative estimate of drug-likeness (QED) is 0.660. The lowest BCUT2D eigenvalue weighted by Gasteiger charge is -2.39. The molecule has 0 aliphatic carbocycles. The van der Waals surface area contributed by atoms with E-state index in [4.69, 9.17) is 4.74 Å². The van der Waals surface area contributed by atoms with E-state index in [9.17, 15) is 14.7 Å². The summed E-state index contributed by atoms with van der Waals surface area (Å²) in [6.45, 7) is 5.47. The number of nitrogens with zero attached hydrogens (tertiary/aromatic N) is 3. The number of amides is 3. The van der Waals surface area contributed by atoms with E-state index in [1.54, 1.807) is 0 Å². The molecule has 5 rings (SSSR count). The molecule has 2 bridgehead atoms. The van der Waals surface area contributed by atoms with Gasteiger partial charge in [0.2, 0.25) is 5.91 Å². The molecule has 1 aromatic carbocycles. The van der Waals surface area contributed by atoms with E-state index in [1.165, 1.54) is 11.1 Å². The Morgan fingerprint density at radius 2 is 1.74 bits per heavy atom. The fourth-order valence-electron chi connectivity index (χ4n) is 6.09. The maximum Gasteiger partial charge on any atom is 0.317 e. The molecular formula is C26H38N4O4. The number of urea groups is 1. The van der Waals surface area contributed by atoms with Crippen molar-refractivity contribution in [1.82, 2.24) is 20.0 Å². The van der Waals surface area contributed by atoms with Gasteiger partial charge in [-0.25, -0.2) is 4.79 Å². The molecule has 3 fully saturated rings. The number of benzene rings is 1. The maximum atomic E-state index is 13.1. The van der Waals surface area contributed by atoms with Crippen LogP contribution in [-0.2, 0) is 22.5 Å². The molecule has 34 heavy (non-hydrogen) atoms. The Kier molecular flexibility index (Phi) is 7.37. The van der Waals surface area contributed by atoms with Crippen molar-refractivity contribution in [3.63, 3.8) is 0 Å². The summed E-state index contributed by atoms with van der Waals surface area (Å²) in [5.41, 5.74) is 2.75. The first-order valence-corrected chi connectivity index (χ1v) is 13.0. The molecule has 3 saturated heterocycles. The summed E-state index contributed by atoms with van der Waals surface area (Å²) in [6, 6.07) is 8.91. The van der Waals surface area contributed by atoms with E-state index in [-0.39, 0.29) is 29.9 Å². The second-order valence-electron chi connectivity index (χ2n) is 10.4. The number of carbonyl (C=O) groups is 2. The number of nitrogens with one attached hydrogen (secondary N) is 1. The van der Waals surface area contributed by atoms with Gasteiger partial charge in [0.05, 0.1) is 31.4 Å². The Bertz CT molecular complexity index is 856. The van der Waals surface area contributed by atoms with Crippen molar-refractivity contribution in [2.24, 2.45) is 5.92 Å². The number of hydrogen-bond donors (Lipinski definition) is 2. The molecule has 0 radical (unpaired) electrons. The maximum absolute atomic E-state index is 13.1. The molecule has 186 valence electrons. The van der Waals surface area contributed by atoms with Crippen LogP contribution in [0.4, 0.5) is 4.79 Å². The molecule has 4 heterocycles. The fraction of sp³-hybridized carbons (Fsp3) is 0.692. The topological polar surface area (TPSA) is 85.3 Å². The lowest BCUT2D eigenvalue weighted by molar-refractivity contribution is -0.146. The van der Waals surface area contributed by atoms with Crippen LogP contribution in [0.3, 0.4) is 0 Å². The largest absolute Gasteiger partial charge is 0.392 e. The summed E-state index contributed by atoms with van der Waals surface area (Å²) in [5.74, 6) is 0.279. The van der Waals surface area contributed by atoms with Crippen LogP contribution in [0.1, 0.15) is 43.2 Å². The average Bonchev–Trinajstić information content (AvgIpc) is 3.11. The predicted molar refractivity (Wildman–Crippen MR) is 128 cm³/mol. The van der Waals surface area contributed by atoms with Gasteiger partial charge < -0.3 is 25.0 Å². The van der Waals surface area contributed by atoms with Crippen LogP contribution in [-0.4, -0.2) is 95.9 Å². The minimum absolute atomic E-state index is 0.0155. The molecule has 8 nitrogen and oxygen atoms in total. The summed E-state index contributed by atoms with van der Waals surface area (Å²) < 4.78 is 5.61. The smallest absolute Gasteiger partial charge is 0.317 e. The van der Waals surface area contributed by atoms with Gasteiger partial charge in [-0.3, -0.25) is 9.69 Å². The van der Waals surface area contributed by atoms with Gasteiger partial charge in [-0.1, -0.05) is 24.3 Å². The van der Waals surface area contributed by atoms with Gasteiger partial charge in [0.15, 0.2) is 0 Å². The number of carbonyl (C=O) groups excluding carboxylic acids is 2. The summed E-state index contributed by atoms with van der Waals surface area (Å²) in [4.78, 5) is 31.9. The van der Waals surface area contributed by atoms with Gasteiger partial charge in [0, 0.05) is 45.2 Å². The summed E-state index contributed by atoms with van der Waals surface area (Å²) in [5, 5.41) is 13.4. The summed E-state index contributed by atoms with van der Waals surface area (Å²) >= 11 is 0. The highest BCUT2D eigenvalue weighted by molar-refractivity contribution is 5.81. The third-order valence-corrected chi connectivity index (χ3v) is 8.06. The van der Waals surface area contributed by atoms with Crippen LogP contribution in [0.15, 0.2) is 24.3 Å². The molecule has 1 aromatic rings. The van der Waals surface area contributed by atoms with Crippen molar-refractivity contribution in [3.8, 4) is 0 Å². The number of fused-ring (bicyclic) bond motifs is 3. The average molecular weight is 471 g/mol. The highest BCUT2D eigenvalue weighted by Crippen LogP contribution is 2.32. The van der Waals surface area contributed by atoms with E-state index >= 15 is 0 Å². The molecule has 2 unspecified atom stereocenters. The lowest BCUT2D eigenvalue weighted by atomic mass is 9.94. The molecule has 3 amide bonds. The van der Waals surface area contributed by atoms with Crippen LogP contribution < -0.4 is 5.32 Å². The standard InChI is InChI=1S/C26H38N4O4/c31-24(16-28-12-8-19-3-1-2-4-21(19)15-28)7-11-27-26(33)29-13-9-20(10-14-29)25(32)30-22-5-6-23(30)18-34-17-22/h1-4,20,22-24,31H,5-18H2,(H,27,33)/t22?,23?,24-/m1/s1. The van der Waals surface area contributed by atoms with Gasteiger partial charge in [0.1, 0.15) is 0 Å². The number of aliphatic hydroxyl groups is 1. The first kappa shape index (κ1) is 23.6. The van der Waals surface area contributed by atoms with Gasteiger partial charge >= 0.3 is 6.03 Å². The lowest BCUT2D eigenvalue weighted by Crippen LogP contribution is -2.53. The Morgan fingerprint density at radius 1 is 1.03 bits per heavy atom. The van der Waals surface area contributed by atoms with Crippen LogP contribution in [0.25, 0.3) is 0 Å². The Morgan fingerprint density at radius 3 is 2.47 bits per heavy atom. The van der Waals surface area contributed by atoms with E-state index in [0.717, 1.165) is 45.2 Å². The van der Waals surface area contributed by atoms with E-state index in [0.29, 0.717) is 45.8 Å². The van der Waals surface area contributed by atoms with Gasteiger partial charge in [-0.15, -0.1) is 0 Å². The van der Waals surface area contributed by atoms with E-state index in [1.807, 2.05) is 4.90 Å². The van der Waals surface area contributed by atoms with Crippen molar-refractivity contribution >= 4 is 11.9 Å². The fourth-order valence-corrected chi connectivity index (χ4v) is 6.09. The Hall–Kier alpha value is -2.16. The molecule has 0 aromatic heterocycles. The molecule has 4 aliphatic heterocycles. The first-order chi connectivity index (χ1) is 16.6. The number of likely N-dealkylation sites (tertiary alicyclic amines) is 1. The number of β-amino-alcohol motifs (C(OH)–C–C–N with tert-alkyl or cyclic N) is 1. The van der Waals surface area contributed by atoms with Crippen molar-refractivity contribution < 1.29 is 19.4 Å². The normalized spacial score (nSPS) is 26.3. The molecule has 0 spiro atoms. The molecule has 0 saturated carbocycles. The number of piperidine rings is 1.